The number of nitrogens with zero attached hydrogens (tertiary/aromatic N) is 2. The van der Waals surface area contributed by atoms with E-state index >= 15 is 0 Å². The molecule has 24 heavy (non-hydrogen) atoms. The van der Waals surface area contributed by atoms with Crippen LogP contribution >= 0.6 is 0 Å². The van der Waals surface area contributed by atoms with Gasteiger partial charge in [0.15, 0.2) is 0 Å². The van der Waals surface area contributed by atoms with E-state index in [9.17, 15) is 0 Å². The number of aryl methyl sites for hydroxylation is 1. The molecule has 0 unspecified atom stereocenters. The molecule has 3 N–H and O–H groups in total. The summed E-state index contributed by atoms with van der Waals surface area (Å²) in [6.45, 7) is 12.4. The van der Waals surface area contributed by atoms with Gasteiger partial charge in [0.2, 0.25) is 0 Å². The molecule has 0 spiro atoms. The van der Waals surface area contributed by atoms with Gasteiger partial charge in [-0.1, -0.05) is 20.8 Å². The highest BCUT2D eigenvalue weighted by Crippen LogP contribution is 2.36. The smallest absolute Gasteiger partial charge is 0.0700 e. The van der Waals surface area contributed by atoms with Crippen molar-refractivity contribution < 1.29 is 4.74 Å². The maximum Gasteiger partial charge on any atom is 0.0700 e. The molecule has 2 heterocycles. The van der Waals surface area contributed by atoms with Crippen LogP contribution in [0.25, 0.3) is 0 Å². The largest absolute Gasteiger partial charge is 0.378 e. The number of hydrogen-bond donors (Lipinski definition) is 2. The summed E-state index contributed by atoms with van der Waals surface area (Å²) in [6.07, 6.45) is 4.99. The molecule has 5 nitrogen and oxygen atoms in total. The predicted molar refractivity (Wildman–Crippen MR) is 99.1 cm³/mol. The highest BCUT2D eigenvalue weighted by atomic mass is 16.5. The zero-order chi connectivity index (χ0) is 17.7. The van der Waals surface area contributed by atoms with Gasteiger partial charge in [-0.05, 0) is 45.1 Å². The summed E-state index contributed by atoms with van der Waals surface area (Å²) < 4.78 is 5.98. The summed E-state index contributed by atoms with van der Waals surface area (Å²) in [4.78, 5) is 2.27. The van der Waals surface area contributed by atoms with E-state index < -0.39 is 0 Å². The van der Waals surface area contributed by atoms with Crippen molar-refractivity contribution >= 4 is 0 Å². The minimum Gasteiger partial charge on any atom is -0.378 e. The van der Waals surface area contributed by atoms with Crippen molar-refractivity contribution in [3.05, 3.63) is 17.0 Å². The van der Waals surface area contributed by atoms with E-state index in [1.54, 1.807) is 0 Å². The Morgan fingerprint density at radius 1 is 1.46 bits per heavy atom. The zero-order valence-electron chi connectivity index (χ0n) is 16.2. The maximum absolute atomic E-state index is 5.98. The average Bonchev–Trinajstić information content (AvgIpc) is 3.04. The molecule has 1 fully saturated rings. The van der Waals surface area contributed by atoms with E-state index in [-0.39, 0.29) is 0 Å². The number of nitrogens with two attached hydrogens (primary N) is 1. The number of H-pyrrole nitrogens is 1. The van der Waals surface area contributed by atoms with Crippen molar-refractivity contribution in [3.63, 3.8) is 0 Å². The normalized spacial score (nSPS) is 21.5. The topological polar surface area (TPSA) is 67.2 Å². The van der Waals surface area contributed by atoms with Crippen LogP contribution in [-0.4, -0.2) is 47.9 Å². The lowest BCUT2D eigenvalue weighted by Gasteiger charge is -2.20. The monoisotopic (exact) mass is 336 g/mol. The molecule has 5 heteroatoms. The Kier molecular flexibility index (Phi) is 6.84. The molecule has 1 aliphatic rings. The van der Waals surface area contributed by atoms with Gasteiger partial charge < -0.3 is 15.4 Å². The first kappa shape index (κ1) is 19.4. The van der Waals surface area contributed by atoms with Crippen LogP contribution in [0, 0.1) is 12.3 Å². The van der Waals surface area contributed by atoms with Gasteiger partial charge >= 0.3 is 0 Å². The molecule has 2 atom stereocenters. The number of ether oxygens (including phenoxy) is 1. The van der Waals surface area contributed by atoms with Crippen LogP contribution in [0.3, 0.4) is 0 Å². The lowest BCUT2D eigenvalue weighted by Crippen LogP contribution is -2.25. The number of aromatic nitrogens is 2. The van der Waals surface area contributed by atoms with Crippen LogP contribution in [-0.2, 0) is 11.3 Å². The minimum absolute atomic E-state index is 0.339. The molecule has 0 bridgehead atoms. The third kappa shape index (κ3) is 5.04. The Labute approximate surface area is 147 Å². The first-order valence-electron chi connectivity index (χ1n) is 9.40. The standard InChI is InChI=1S/C19H36N4O/c1-6-15(7-8-16-11-19(3,4)13-24-16)18-17(14(2)21-22-18)12-23(5)10-9-20/h15-16H,6-13,20H2,1-5H3,(H,21,22)/t15-,16-/m1/s1. The summed E-state index contributed by atoms with van der Waals surface area (Å²) in [5.74, 6) is 0.503. The molecule has 1 saturated heterocycles. The van der Waals surface area contributed by atoms with Crippen molar-refractivity contribution in [2.24, 2.45) is 11.1 Å². The minimum atomic E-state index is 0.339. The van der Waals surface area contributed by atoms with Crippen molar-refractivity contribution in [3.8, 4) is 0 Å². The van der Waals surface area contributed by atoms with Gasteiger partial charge in [-0.15, -0.1) is 0 Å². The fourth-order valence-electron chi connectivity index (χ4n) is 3.76. The first-order chi connectivity index (χ1) is 11.4. The van der Waals surface area contributed by atoms with Crippen LogP contribution in [0.1, 0.15) is 69.3 Å². The van der Waals surface area contributed by atoms with E-state index in [2.05, 4.69) is 49.8 Å². The number of likely N-dealkylation sites (N-methyl/N-ethyl adjacent to an activating group) is 1. The lowest BCUT2D eigenvalue weighted by atomic mass is 9.87. The molecular formula is C19H36N4O. The highest BCUT2D eigenvalue weighted by Gasteiger charge is 2.32. The van der Waals surface area contributed by atoms with E-state index in [4.69, 9.17) is 10.5 Å². The van der Waals surface area contributed by atoms with Crippen molar-refractivity contribution in [1.29, 1.82) is 0 Å². The maximum atomic E-state index is 5.98. The Morgan fingerprint density at radius 3 is 2.79 bits per heavy atom. The summed E-state index contributed by atoms with van der Waals surface area (Å²) in [6, 6.07) is 0. The molecule has 1 aliphatic heterocycles. The molecule has 0 aromatic carbocycles. The molecule has 0 radical (unpaired) electrons. The second-order valence-electron chi connectivity index (χ2n) is 8.22. The first-order valence-corrected chi connectivity index (χ1v) is 9.40. The van der Waals surface area contributed by atoms with Gasteiger partial charge in [0.25, 0.3) is 0 Å². The lowest BCUT2D eigenvalue weighted by molar-refractivity contribution is 0.0907. The Hall–Kier alpha value is -0.910. The Balaban J connectivity index is 1.99. The van der Waals surface area contributed by atoms with Crippen LogP contribution in [0.2, 0.25) is 0 Å². The van der Waals surface area contributed by atoms with Crippen LogP contribution < -0.4 is 5.73 Å². The van der Waals surface area contributed by atoms with Gasteiger partial charge in [-0.25, -0.2) is 0 Å². The number of hydrogen-bond acceptors (Lipinski definition) is 4. The van der Waals surface area contributed by atoms with Crippen LogP contribution in [0.4, 0.5) is 0 Å². The summed E-state index contributed by atoms with van der Waals surface area (Å²) in [5.41, 5.74) is 9.80. The highest BCUT2D eigenvalue weighted by molar-refractivity contribution is 5.27. The summed E-state index contributed by atoms with van der Waals surface area (Å²) in [5, 5.41) is 7.85. The molecule has 138 valence electrons. The SMILES string of the molecule is CC[C@H](CC[C@@H]1CC(C)(C)CO1)c1n[nH]c(C)c1CN(C)CCN. The zero-order valence-corrected chi connectivity index (χ0v) is 16.2. The number of nitrogens with one attached hydrogen (secondary N) is 1. The average molecular weight is 337 g/mol. The Bertz CT molecular complexity index is 511. The molecule has 1 aromatic rings. The molecule has 2 rings (SSSR count). The Morgan fingerprint density at radius 2 is 2.21 bits per heavy atom. The van der Waals surface area contributed by atoms with Gasteiger partial charge in [0.1, 0.15) is 0 Å². The predicted octanol–water partition coefficient (Wildman–Crippen LogP) is 3.20. The fraction of sp³-hybridized carbons (Fsp3) is 0.842. The quantitative estimate of drug-likeness (QED) is 0.727. The third-order valence-electron chi connectivity index (χ3n) is 5.25. The van der Waals surface area contributed by atoms with Crippen LogP contribution in [0.5, 0.6) is 0 Å². The van der Waals surface area contributed by atoms with Crippen molar-refractivity contribution in [2.75, 3.05) is 26.7 Å². The van der Waals surface area contributed by atoms with Crippen molar-refractivity contribution in [1.82, 2.24) is 15.1 Å². The van der Waals surface area contributed by atoms with Crippen molar-refractivity contribution in [2.45, 2.75) is 71.9 Å². The summed E-state index contributed by atoms with van der Waals surface area (Å²) >= 11 is 0. The second-order valence-corrected chi connectivity index (χ2v) is 8.22. The van der Waals surface area contributed by atoms with Crippen LogP contribution in [0.15, 0.2) is 0 Å². The van der Waals surface area contributed by atoms with Gasteiger partial charge in [-0.2, -0.15) is 5.10 Å². The van der Waals surface area contributed by atoms with E-state index in [1.165, 1.54) is 23.4 Å². The third-order valence-corrected chi connectivity index (χ3v) is 5.25. The van der Waals surface area contributed by atoms with E-state index in [0.29, 0.717) is 24.0 Å². The molecule has 0 aliphatic carbocycles. The molecule has 1 aromatic heterocycles. The molecule has 0 amide bonds. The van der Waals surface area contributed by atoms with Gasteiger partial charge in [0, 0.05) is 36.8 Å². The number of rotatable bonds is 9. The van der Waals surface area contributed by atoms with E-state index in [0.717, 1.165) is 39.0 Å². The summed E-state index contributed by atoms with van der Waals surface area (Å²) in [7, 11) is 2.12. The second kappa shape index (κ2) is 8.45. The fourth-order valence-corrected chi connectivity index (χ4v) is 3.76. The van der Waals surface area contributed by atoms with E-state index in [1.807, 2.05) is 0 Å². The van der Waals surface area contributed by atoms with Gasteiger partial charge in [-0.3, -0.25) is 5.10 Å². The molecular weight excluding hydrogens is 300 g/mol. The molecule has 0 saturated carbocycles. The van der Waals surface area contributed by atoms with Gasteiger partial charge in [0.05, 0.1) is 18.4 Å². The number of aromatic amines is 1.